The number of benzene rings is 2. The van der Waals surface area contributed by atoms with Crippen LogP contribution in [0.4, 0.5) is 5.82 Å². The molecule has 31 heavy (non-hydrogen) atoms. The van der Waals surface area contributed by atoms with E-state index in [9.17, 15) is 4.79 Å². The summed E-state index contributed by atoms with van der Waals surface area (Å²) in [7, 11) is 0. The summed E-state index contributed by atoms with van der Waals surface area (Å²) in [6.07, 6.45) is 7.30. The van der Waals surface area contributed by atoms with Crippen LogP contribution in [0.3, 0.4) is 0 Å². The molecule has 0 saturated heterocycles. The maximum absolute atomic E-state index is 13.5. The number of hydrogen-bond acceptors (Lipinski definition) is 5. The van der Waals surface area contributed by atoms with Crippen LogP contribution in [0.2, 0.25) is 0 Å². The SMILES string of the molecule is Nc1nc2ccc(C(=O)N(Cc3cc4ccccc4cn3)C3CC3)cc2n2cncc12. The topological polar surface area (TPSA) is 89.4 Å². The van der Waals surface area contributed by atoms with Crippen LogP contribution in [0, 0.1) is 0 Å². The van der Waals surface area contributed by atoms with Crippen LogP contribution in [0.5, 0.6) is 0 Å². The molecule has 2 aromatic carbocycles. The number of aromatic nitrogens is 4. The van der Waals surface area contributed by atoms with Gasteiger partial charge in [0.2, 0.25) is 0 Å². The summed E-state index contributed by atoms with van der Waals surface area (Å²) >= 11 is 0. The van der Waals surface area contributed by atoms with Gasteiger partial charge in [-0.3, -0.25) is 14.2 Å². The highest BCUT2D eigenvalue weighted by Crippen LogP contribution is 2.31. The molecule has 1 fully saturated rings. The lowest BCUT2D eigenvalue weighted by Crippen LogP contribution is -2.33. The summed E-state index contributed by atoms with van der Waals surface area (Å²) in [6, 6.07) is 16.0. The Labute approximate surface area is 178 Å². The molecular weight excluding hydrogens is 388 g/mol. The van der Waals surface area contributed by atoms with Gasteiger partial charge in [0.05, 0.1) is 35.8 Å². The second-order valence-corrected chi connectivity index (χ2v) is 8.04. The quantitative estimate of drug-likeness (QED) is 0.488. The number of pyridine rings is 1. The largest absolute Gasteiger partial charge is 0.382 e. The van der Waals surface area contributed by atoms with E-state index >= 15 is 0 Å². The van der Waals surface area contributed by atoms with Crippen molar-refractivity contribution < 1.29 is 4.79 Å². The van der Waals surface area contributed by atoms with Crippen molar-refractivity contribution in [3.05, 3.63) is 78.5 Å². The van der Waals surface area contributed by atoms with Crippen molar-refractivity contribution in [2.45, 2.75) is 25.4 Å². The van der Waals surface area contributed by atoms with Crippen LogP contribution in [0.25, 0.3) is 27.3 Å². The Morgan fingerprint density at radius 1 is 1.06 bits per heavy atom. The van der Waals surface area contributed by atoms with Crippen LogP contribution in [0.1, 0.15) is 28.9 Å². The first-order valence-electron chi connectivity index (χ1n) is 10.3. The van der Waals surface area contributed by atoms with Gasteiger partial charge in [0, 0.05) is 23.2 Å². The zero-order valence-corrected chi connectivity index (χ0v) is 16.8. The van der Waals surface area contributed by atoms with Gasteiger partial charge in [-0.15, -0.1) is 0 Å². The Kier molecular flexibility index (Phi) is 3.89. The Bertz CT molecular complexity index is 1470. The summed E-state index contributed by atoms with van der Waals surface area (Å²) in [5.74, 6) is 0.426. The van der Waals surface area contributed by atoms with E-state index in [1.165, 1.54) is 0 Å². The third-order valence-electron chi connectivity index (χ3n) is 5.89. The van der Waals surface area contributed by atoms with Gasteiger partial charge < -0.3 is 10.6 Å². The monoisotopic (exact) mass is 408 g/mol. The van der Waals surface area contributed by atoms with Crippen LogP contribution in [0.15, 0.2) is 67.3 Å². The van der Waals surface area contributed by atoms with Crippen molar-refractivity contribution in [3.8, 4) is 0 Å². The molecule has 0 aliphatic heterocycles. The average molecular weight is 408 g/mol. The number of carbonyl (C=O) groups excluding carboxylic acids is 1. The first-order valence-corrected chi connectivity index (χ1v) is 10.3. The van der Waals surface area contributed by atoms with E-state index in [1.807, 2.05) is 51.9 Å². The van der Waals surface area contributed by atoms with Crippen molar-refractivity contribution in [1.82, 2.24) is 24.3 Å². The molecule has 6 rings (SSSR count). The molecule has 1 aliphatic carbocycles. The minimum Gasteiger partial charge on any atom is -0.382 e. The normalized spacial score (nSPS) is 13.8. The molecule has 0 unspecified atom stereocenters. The number of nitrogens with two attached hydrogens (primary N) is 1. The summed E-state index contributed by atoms with van der Waals surface area (Å²) in [5.41, 5.74) is 9.83. The zero-order chi connectivity index (χ0) is 20.9. The van der Waals surface area contributed by atoms with Gasteiger partial charge in [-0.25, -0.2) is 9.97 Å². The Morgan fingerprint density at radius 3 is 2.74 bits per heavy atom. The van der Waals surface area contributed by atoms with Gasteiger partial charge in [-0.05, 0) is 42.5 Å². The highest BCUT2D eigenvalue weighted by molar-refractivity contribution is 5.98. The van der Waals surface area contributed by atoms with Gasteiger partial charge in [-0.1, -0.05) is 24.3 Å². The molecule has 5 aromatic rings. The Hall–Kier alpha value is -4.00. The van der Waals surface area contributed by atoms with Gasteiger partial charge in [-0.2, -0.15) is 0 Å². The molecule has 0 radical (unpaired) electrons. The van der Waals surface area contributed by atoms with E-state index in [0.29, 0.717) is 17.9 Å². The molecule has 1 saturated carbocycles. The number of imidazole rings is 1. The van der Waals surface area contributed by atoms with E-state index < -0.39 is 0 Å². The number of nitrogen functional groups attached to an aromatic ring is 1. The van der Waals surface area contributed by atoms with Crippen LogP contribution >= 0.6 is 0 Å². The average Bonchev–Trinajstić information content (AvgIpc) is 3.51. The number of hydrogen-bond donors (Lipinski definition) is 1. The highest BCUT2D eigenvalue weighted by atomic mass is 16.2. The number of amides is 1. The Morgan fingerprint density at radius 2 is 1.90 bits per heavy atom. The summed E-state index contributed by atoms with van der Waals surface area (Å²) in [6.45, 7) is 0.493. The van der Waals surface area contributed by atoms with Crippen molar-refractivity contribution in [2.24, 2.45) is 0 Å². The number of anilines is 1. The van der Waals surface area contributed by atoms with Gasteiger partial charge in [0.1, 0.15) is 11.3 Å². The molecule has 152 valence electrons. The molecule has 1 amide bonds. The lowest BCUT2D eigenvalue weighted by molar-refractivity contribution is 0.0728. The number of rotatable bonds is 4. The third-order valence-corrected chi connectivity index (χ3v) is 5.89. The van der Waals surface area contributed by atoms with Crippen molar-refractivity contribution >= 4 is 39.0 Å². The molecule has 2 N–H and O–H groups in total. The van der Waals surface area contributed by atoms with E-state index in [-0.39, 0.29) is 11.9 Å². The molecule has 0 atom stereocenters. The fourth-order valence-corrected chi connectivity index (χ4v) is 4.12. The number of nitrogens with zero attached hydrogens (tertiary/aromatic N) is 5. The predicted molar refractivity (Wildman–Crippen MR) is 120 cm³/mol. The molecule has 0 bridgehead atoms. The fourth-order valence-electron chi connectivity index (χ4n) is 4.12. The van der Waals surface area contributed by atoms with Crippen LogP contribution in [-0.2, 0) is 6.54 Å². The van der Waals surface area contributed by atoms with Crippen molar-refractivity contribution in [1.29, 1.82) is 0 Å². The van der Waals surface area contributed by atoms with Gasteiger partial charge >= 0.3 is 0 Å². The highest BCUT2D eigenvalue weighted by Gasteiger charge is 2.33. The first kappa shape index (κ1) is 17.8. The van der Waals surface area contributed by atoms with Crippen LogP contribution in [-0.4, -0.2) is 36.2 Å². The number of fused-ring (bicyclic) bond motifs is 4. The maximum Gasteiger partial charge on any atom is 0.254 e. The molecule has 0 spiro atoms. The summed E-state index contributed by atoms with van der Waals surface area (Å²) in [4.78, 5) is 28.7. The second-order valence-electron chi connectivity index (χ2n) is 8.04. The second kappa shape index (κ2) is 6.77. The molecule has 7 heteroatoms. The molecule has 7 nitrogen and oxygen atoms in total. The Balaban J connectivity index is 1.37. The van der Waals surface area contributed by atoms with Gasteiger partial charge in [0.25, 0.3) is 5.91 Å². The zero-order valence-electron chi connectivity index (χ0n) is 16.8. The summed E-state index contributed by atoms with van der Waals surface area (Å²) < 4.78 is 1.88. The minimum atomic E-state index is 0.00412. The standard InChI is InChI=1S/C24H20N6O/c25-23-22-12-26-14-30(22)21-10-16(5-8-20(21)28-23)24(31)29(19-6-7-19)13-18-9-15-3-1-2-4-17(15)11-27-18/h1-5,8-12,14,19H,6-7,13H2,(H2,25,28). The lowest BCUT2D eigenvalue weighted by atomic mass is 10.1. The van der Waals surface area contributed by atoms with E-state index in [1.54, 1.807) is 12.5 Å². The molecular formula is C24H20N6O. The van der Waals surface area contributed by atoms with E-state index in [2.05, 4.69) is 27.1 Å². The van der Waals surface area contributed by atoms with Crippen molar-refractivity contribution in [3.63, 3.8) is 0 Å². The molecule has 3 heterocycles. The fraction of sp³-hybridized carbons (Fsp3) is 0.167. The number of carbonyl (C=O) groups is 1. The van der Waals surface area contributed by atoms with E-state index in [0.717, 1.165) is 45.9 Å². The third kappa shape index (κ3) is 3.06. The smallest absolute Gasteiger partial charge is 0.254 e. The molecule has 1 aliphatic rings. The summed E-state index contributed by atoms with van der Waals surface area (Å²) in [5, 5.41) is 2.23. The minimum absolute atomic E-state index is 0.00412. The van der Waals surface area contributed by atoms with Crippen molar-refractivity contribution in [2.75, 3.05) is 5.73 Å². The predicted octanol–water partition coefficient (Wildman–Crippen LogP) is 3.82. The lowest BCUT2D eigenvalue weighted by Gasteiger charge is -2.22. The molecule has 3 aromatic heterocycles. The maximum atomic E-state index is 13.5. The van der Waals surface area contributed by atoms with E-state index in [4.69, 9.17) is 5.73 Å². The van der Waals surface area contributed by atoms with Gasteiger partial charge in [0.15, 0.2) is 0 Å². The first-order chi connectivity index (χ1) is 15.2. The van der Waals surface area contributed by atoms with Crippen LogP contribution < -0.4 is 5.73 Å².